The van der Waals surface area contributed by atoms with Crippen LogP contribution in [0.25, 0.3) is 0 Å². The van der Waals surface area contributed by atoms with Crippen molar-refractivity contribution in [2.45, 2.75) is 18.1 Å². The van der Waals surface area contributed by atoms with Crippen molar-refractivity contribution in [3.63, 3.8) is 0 Å². The number of hydrogen-bond acceptors (Lipinski definition) is 6. The van der Waals surface area contributed by atoms with Crippen LogP contribution < -0.4 is 20.9 Å². The molecule has 8 heteroatoms. The first-order valence-corrected chi connectivity index (χ1v) is 8.28. The lowest BCUT2D eigenvalue weighted by Gasteiger charge is -2.24. The zero-order chi connectivity index (χ0) is 18.3. The van der Waals surface area contributed by atoms with Crippen LogP contribution in [0.2, 0.25) is 0 Å². The zero-order valence-corrected chi connectivity index (χ0v) is 14.0. The van der Waals surface area contributed by atoms with Gasteiger partial charge in [0.1, 0.15) is 11.8 Å². The predicted molar refractivity (Wildman–Crippen MR) is 93.3 cm³/mol. The Morgan fingerprint density at radius 1 is 1.00 bits per heavy atom. The van der Waals surface area contributed by atoms with E-state index in [4.69, 9.17) is 4.74 Å². The molecule has 0 aliphatic carbocycles. The second-order valence-corrected chi connectivity index (χ2v) is 6.44. The van der Waals surface area contributed by atoms with Gasteiger partial charge in [0.2, 0.25) is 5.91 Å². The minimum atomic E-state index is -0.428. The molecule has 0 saturated carbocycles. The highest BCUT2D eigenvalue weighted by atomic mass is 16.6. The standard InChI is InChI=1S/C18H18N4O4/c1-26-13-7-3-5-11(9-13)16-14-15(19-18(23)17(14)21-20-16)10-4-2-6-12(8-10)22(24)25/h2-9,14-17,20-21H,1H3,(H,19,23). The van der Waals surface area contributed by atoms with Gasteiger partial charge in [-0.2, -0.15) is 0 Å². The largest absolute Gasteiger partial charge is 0.497 e. The van der Waals surface area contributed by atoms with Gasteiger partial charge in [0.25, 0.3) is 5.69 Å². The van der Waals surface area contributed by atoms with Crippen molar-refractivity contribution in [2.24, 2.45) is 5.92 Å². The summed E-state index contributed by atoms with van der Waals surface area (Å²) in [4.78, 5) is 23.1. The molecule has 2 saturated heterocycles. The van der Waals surface area contributed by atoms with E-state index in [1.165, 1.54) is 12.1 Å². The number of carbonyl (C=O) groups is 1. The molecule has 0 radical (unpaired) electrons. The number of nitrogens with zero attached hydrogens (tertiary/aromatic N) is 1. The molecular weight excluding hydrogens is 336 g/mol. The van der Waals surface area contributed by atoms with E-state index in [2.05, 4.69) is 16.2 Å². The van der Waals surface area contributed by atoms with Crippen molar-refractivity contribution in [1.82, 2.24) is 16.2 Å². The van der Waals surface area contributed by atoms with E-state index in [0.717, 1.165) is 16.9 Å². The summed E-state index contributed by atoms with van der Waals surface area (Å²) in [5, 5.41) is 14.1. The number of hydrazine groups is 1. The molecule has 0 aromatic heterocycles. The van der Waals surface area contributed by atoms with E-state index in [-0.39, 0.29) is 29.6 Å². The third-order valence-corrected chi connectivity index (χ3v) is 5.02. The SMILES string of the molecule is COc1cccc(C2NNC3C(=O)NC(c4cccc([N+](=O)[O-])c4)C32)c1. The first kappa shape index (κ1) is 16.5. The molecule has 2 aromatic carbocycles. The van der Waals surface area contributed by atoms with Crippen LogP contribution in [0.5, 0.6) is 5.75 Å². The summed E-state index contributed by atoms with van der Waals surface area (Å²) in [6.07, 6.45) is 0. The van der Waals surface area contributed by atoms with Gasteiger partial charge in [-0.25, -0.2) is 10.9 Å². The number of nitro groups is 1. The lowest BCUT2D eigenvalue weighted by Crippen LogP contribution is -2.39. The topological polar surface area (TPSA) is 106 Å². The van der Waals surface area contributed by atoms with Crippen LogP contribution >= 0.6 is 0 Å². The van der Waals surface area contributed by atoms with Crippen LogP contribution in [-0.2, 0) is 4.79 Å². The second kappa shape index (κ2) is 6.40. The number of nitrogens with one attached hydrogen (secondary N) is 3. The Bertz CT molecular complexity index is 872. The zero-order valence-electron chi connectivity index (χ0n) is 14.0. The molecule has 4 unspecified atom stereocenters. The van der Waals surface area contributed by atoms with Crippen molar-refractivity contribution in [1.29, 1.82) is 0 Å². The molecule has 2 aliphatic rings. The third-order valence-electron chi connectivity index (χ3n) is 5.02. The smallest absolute Gasteiger partial charge is 0.269 e. The van der Waals surface area contributed by atoms with E-state index >= 15 is 0 Å². The van der Waals surface area contributed by atoms with Crippen molar-refractivity contribution in [3.8, 4) is 5.75 Å². The molecule has 1 amide bonds. The van der Waals surface area contributed by atoms with Gasteiger partial charge in [-0.05, 0) is 23.3 Å². The van der Waals surface area contributed by atoms with E-state index in [9.17, 15) is 14.9 Å². The molecule has 8 nitrogen and oxygen atoms in total. The summed E-state index contributed by atoms with van der Waals surface area (Å²) < 4.78 is 5.29. The van der Waals surface area contributed by atoms with E-state index in [1.54, 1.807) is 19.2 Å². The van der Waals surface area contributed by atoms with Crippen molar-refractivity contribution >= 4 is 11.6 Å². The quantitative estimate of drug-likeness (QED) is 0.569. The highest BCUT2D eigenvalue weighted by molar-refractivity contribution is 5.86. The Balaban J connectivity index is 1.71. The molecule has 2 aromatic rings. The van der Waals surface area contributed by atoms with Crippen LogP contribution in [0.1, 0.15) is 23.2 Å². The van der Waals surface area contributed by atoms with Crippen LogP contribution in [-0.4, -0.2) is 24.0 Å². The number of carbonyl (C=O) groups excluding carboxylic acids is 1. The first-order valence-electron chi connectivity index (χ1n) is 8.28. The summed E-state index contributed by atoms with van der Waals surface area (Å²) in [5.41, 5.74) is 7.96. The number of fused-ring (bicyclic) bond motifs is 1. The molecule has 4 rings (SSSR count). The molecule has 2 aliphatic heterocycles. The molecule has 0 bridgehead atoms. The lowest BCUT2D eigenvalue weighted by molar-refractivity contribution is -0.384. The van der Waals surface area contributed by atoms with Gasteiger partial charge < -0.3 is 10.1 Å². The average molecular weight is 354 g/mol. The van der Waals surface area contributed by atoms with Crippen LogP contribution in [0, 0.1) is 16.0 Å². The first-order chi connectivity index (χ1) is 12.6. The lowest BCUT2D eigenvalue weighted by atomic mass is 9.83. The van der Waals surface area contributed by atoms with Crippen molar-refractivity contribution in [2.75, 3.05) is 7.11 Å². The third kappa shape index (κ3) is 2.69. The predicted octanol–water partition coefficient (Wildman–Crippen LogP) is 1.61. The van der Waals surface area contributed by atoms with E-state index in [0.29, 0.717) is 0 Å². The minimum Gasteiger partial charge on any atom is -0.497 e. The summed E-state index contributed by atoms with van der Waals surface area (Å²) in [7, 11) is 1.61. The fourth-order valence-corrected chi connectivity index (χ4v) is 3.81. The van der Waals surface area contributed by atoms with Gasteiger partial charge in [-0.3, -0.25) is 14.9 Å². The van der Waals surface area contributed by atoms with Gasteiger partial charge in [-0.1, -0.05) is 24.3 Å². The monoisotopic (exact) mass is 354 g/mol. The van der Waals surface area contributed by atoms with Crippen LogP contribution in [0.15, 0.2) is 48.5 Å². The minimum absolute atomic E-state index is 0.0112. The summed E-state index contributed by atoms with van der Waals surface area (Å²) in [6, 6.07) is 13.2. The Kier molecular flexibility index (Phi) is 4.06. The molecule has 2 fully saturated rings. The van der Waals surface area contributed by atoms with E-state index in [1.807, 2.05) is 24.3 Å². The molecule has 3 N–H and O–H groups in total. The van der Waals surface area contributed by atoms with Crippen LogP contribution in [0.3, 0.4) is 0 Å². The maximum atomic E-state index is 12.4. The van der Waals surface area contributed by atoms with Gasteiger partial charge in [0.05, 0.1) is 24.1 Å². The molecular formula is C18H18N4O4. The number of methoxy groups -OCH3 is 1. The Morgan fingerprint density at radius 3 is 2.42 bits per heavy atom. The molecule has 0 spiro atoms. The fraction of sp³-hybridized carbons (Fsp3) is 0.278. The highest BCUT2D eigenvalue weighted by Gasteiger charge is 2.51. The highest BCUT2D eigenvalue weighted by Crippen LogP contribution is 2.43. The Labute approximate surface area is 149 Å². The van der Waals surface area contributed by atoms with Crippen LogP contribution in [0.4, 0.5) is 5.69 Å². The number of ether oxygens (including phenoxy) is 1. The summed E-state index contributed by atoms with van der Waals surface area (Å²) in [5.74, 6) is 0.484. The molecule has 2 heterocycles. The summed E-state index contributed by atoms with van der Waals surface area (Å²) in [6.45, 7) is 0. The molecule has 4 atom stereocenters. The number of nitro benzene ring substituents is 1. The summed E-state index contributed by atoms with van der Waals surface area (Å²) >= 11 is 0. The number of benzene rings is 2. The second-order valence-electron chi connectivity index (χ2n) is 6.44. The van der Waals surface area contributed by atoms with Crippen molar-refractivity contribution < 1.29 is 14.5 Å². The molecule has 134 valence electrons. The maximum Gasteiger partial charge on any atom is 0.269 e. The molecule has 26 heavy (non-hydrogen) atoms. The number of non-ortho nitro benzene ring substituents is 1. The van der Waals surface area contributed by atoms with Gasteiger partial charge in [0, 0.05) is 18.1 Å². The van der Waals surface area contributed by atoms with Crippen molar-refractivity contribution in [3.05, 3.63) is 69.8 Å². The average Bonchev–Trinajstić information content (AvgIpc) is 3.23. The number of hydrogen-bond donors (Lipinski definition) is 3. The normalized spacial score (nSPS) is 27.0. The van der Waals surface area contributed by atoms with Gasteiger partial charge in [0.15, 0.2) is 0 Å². The fourth-order valence-electron chi connectivity index (χ4n) is 3.81. The van der Waals surface area contributed by atoms with Gasteiger partial charge in [-0.15, -0.1) is 0 Å². The Hall–Kier alpha value is -2.97. The maximum absolute atomic E-state index is 12.4. The number of rotatable bonds is 4. The van der Waals surface area contributed by atoms with E-state index < -0.39 is 11.0 Å². The Morgan fingerprint density at radius 2 is 1.69 bits per heavy atom. The van der Waals surface area contributed by atoms with Gasteiger partial charge >= 0.3 is 0 Å². The number of amides is 1.